The van der Waals surface area contributed by atoms with Gasteiger partial charge in [-0.3, -0.25) is 0 Å². The molecule has 3 aromatic rings. The topological polar surface area (TPSA) is 52.0 Å². The summed E-state index contributed by atoms with van der Waals surface area (Å²) in [6.45, 7) is 1.40. The lowest BCUT2D eigenvalue weighted by molar-refractivity contribution is -0.146. The van der Waals surface area contributed by atoms with E-state index in [2.05, 4.69) is 4.98 Å². The van der Waals surface area contributed by atoms with Gasteiger partial charge >= 0.3 is 6.18 Å². The van der Waals surface area contributed by atoms with Crippen LogP contribution in [-0.4, -0.2) is 23.7 Å². The van der Waals surface area contributed by atoms with Gasteiger partial charge in [-0.05, 0) is 35.9 Å². The van der Waals surface area contributed by atoms with E-state index >= 15 is 0 Å². The number of benzene rings is 2. The Bertz CT molecular complexity index is 1060. The molecule has 0 spiro atoms. The van der Waals surface area contributed by atoms with E-state index in [9.17, 15) is 21.6 Å². The van der Waals surface area contributed by atoms with Gasteiger partial charge in [0, 0.05) is 11.6 Å². The number of imidazole rings is 1. The molecule has 0 atom stereocenters. The first-order chi connectivity index (χ1) is 12.1. The predicted octanol–water partition coefficient (Wildman–Crippen LogP) is 4.55. The number of halogens is 4. The molecule has 0 N–H and O–H groups in total. The Labute approximate surface area is 153 Å². The van der Waals surface area contributed by atoms with Gasteiger partial charge in [-0.15, -0.1) is 0 Å². The Morgan fingerprint density at radius 2 is 1.77 bits per heavy atom. The van der Waals surface area contributed by atoms with E-state index in [4.69, 9.17) is 11.6 Å². The van der Waals surface area contributed by atoms with Crippen molar-refractivity contribution in [3.8, 4) is 0 Å². The lowest BCUT2D eigenvalue weighted by Crippen LogP contribution is -2.15. The molecule has 1 aromatic heterocycles. The third kappa shape index (κ3) is 3.57. The Kier molecular flexibility index (Phi) is 4.74. The molecule has 4 nitrogen and oxygen atoms in total. The number of hydrogen-bond acceptors (Lipinski definition) is 3. The first-order valence-electron chi connectivity index (χ1n) is 7.66. The van der Waals surface area contributed by atoms with Crippen molar-refractivity contribution in [2.24, 2.45) is 0 Å². The number of hydrogen-bond donors (Lipinski definition) is 0. The van der Waals surface area contributed by atoms with E-state index in [0.29, 0.717) is 10.6 Å². The smallest absolute Gasteiger partial charge is 0.316 e. The van der Waals surface area contributed by atoms with Crippen molar-refractivity contribution in [2.45, 2.75) is 24.5 Å². The summed E-state index contributed by atoms with van der Waals surface area (Å²) >= 11 is 5.81. The van der Waals surface area contributed by atoms with Gasteiger partial charge in [-0.2, -0.15) is 13.2 Å². The van der Waals surface area contributed by atoms with Crippen molar-refractivity contribution in [3.05, 3.63) is 58.9 Å². The molecule has 0 fully saturated rings. The molecule has 2 aromatic carbocycles. The largest absolute Gasteiger partial charge is 0.449 e. The molecule has 0 saturated carbocycles. The maximum atomic E-state index is 13.4. The second-order valence-electron chi connectivity index (χ2n) is 5.70. The van der Waals surface area contributed by atoms with Crippen LogP contribution in [0, 0.1) is 0 Å². The molecule has 1 heterocycles. The number of alkyl halides is 3. The zero-order valence-corrected chi connectivity index (χ0v) is 15.2. The minimum absolute atomic E-state index is 0.0131. The summed E-state index contributed by atoms with van der Waals surface area (Å²) in [5, 5.41) is 0.481. The number of nitrogens with zero attached hydrogens (tertiary/aromatic N) is 2. The summed E-state index contributed by atoms with van der Waals surface area (Å²) in [7, 11) is -3.54. The monoisotopic (exact) mass is 402 g/mol. The number of sulfone groups is 1. The van der Waals surface area contributed by atoms with Crippen molar-refractivity contribution in [1.29, 1.82) is 0 Å². The molecule has 0 saturated heterocycles. The standard InChI is InChI=1S/C17H14ClF3N2O2S/c1-2-26(24,25)13-7-8-15-14(9-13)22-16(17(19,20)21)23(15)10-11-3-5-12(18)6-4-11/h3-9H,2,10H2,1H3. The van der Waals surface area contributed by atoms with Gasteiger partial charge in [0.15, 0.2) is 9.84 Å². The minimum atomic E-state index is -4.67. The third-order valence-electron chi connectivity index (χ3n) is 3.97. The van der Waals surface area contributed by atoms with Crippen molar-refractivity contribution < 1.29 is 21.6 Å². The fourth-order valence-electron chi connectivity index (χ4n) is 2.62. The van der Waals surface area contributed by atoms with E-state index in [0.717, 1.165) is 4.57 Å². The molecule has 26 heavy (non-hydrogen) atoms. The second kappa shape index (κ2) is 6.59. The Hall–Kier alpha value is -2.06. The zero-order valence-electron chi connectivity index (χ0n) is 13.6. The minimum Gasteiger partial charge on any atom is -0.316 e. The van der Waals surface area contributed by atoms with E-state index in [1.807, 2.05) is 0 Å². The van der Waals surface area contributed by atoms with Crippen LogP contribution in [0.4, 0.5) is 13.2 Å². The average Bonchev–Trinajstić information content (AvgIpc) is 2.95. The Morgan fingerprint density at radius 1 is 1.12 bits per heavy atom. The highest BCUT2D eigenvalue weighted by Gasteiger charge is 2.37. The summed E-state index contributed by atoms with van der Waals surface area (Å²) in [5.74, 6) is -1.22. The molecule has 138 valence electrons. The van der Waals surface area contributed by atoms with Crippen molar-refractivity contribution in [1.82, 2.24) is 9.55 Å². The molecular formula is C17H14ClF3N2O2S. The highest BCUT2D eigenvalue weighted by atomic mass is 35.5. The van der Waals surface area contributed by atoms with Gasteiger partial charge in [0.1, 0.15) is 0 Å². The summed E-state index contributed by atoms with van der Waals surface area (Å²) in [6, 6.07) is 10.3. The SMILES string of the molecule is CCS(=O)(=O)c1ccc2c(c1)nc(C(F)(F)F)n2Cc1ccc(Cl)cc1. The quantitative estimate of drug-likeness (QED) is 0.643. The van der Waals surface area contributed by atoms with Gasteiger partial charge in [0.05, 0.1) is 21.7 Å². The van der Waals surface area contributed by atoms with E-state index < -0.39 is 21.8 Å². The normalized spacial score (nSPS) is 12.7. The molecule has 0 aliphatic heterocycles. The first kappa shape index (κ1) is 18.7. The fraction of sp³-hybridized carbons (Fsp3) is 0.235. The maximum Gasteiger partial charge on any atom is 0.449 e. The Morgan fingerprint density at radius 3 is 2.35 bits per heavy atom. The molecule has 0 radical (unpaired) electrons. The molecule has 9 heteroatoms. The lowest BCUT2D eigenvalue weighted by Gasteiger charge is -2.11. The summed E-state index contributed by atoms with van der Waals surface area (Å²) in [6.07, 6.45) is -4.67. The van der Waals surface area contributed by atoms with Gasteiger partial charge in [0.2, 0.25) is 5.82 Å². The molecule has 0 bridgehead atoms. The molecular weight excluding hydrogens is 389 g/mol. The van der Waals surface area contributed by atoms with Crippen LogP contribution < -0.4 is 0 Å². The van der Waals surface area contributed by atoms with Crippen LogP contribution in [-0.2, 0) is 22.6 Å². The Balaban J connectivity index is 2.17. The van der Waals surface area contributed by atoms with E-state index in [-0.39, 0.29) is 28.2 Å². The van der Waals surface area contributed by atoms with Crippen molar-refractivity contribution in [2.75, 3.05) is 5.75 Å². The zero-order chi connectivity index (χ0) is 19.1. The first-order valence-corrected chi connectivity index (χ1v) is 9.69. The summed E-state index contributed by atoms with van der Waals surface area (Å²) < 4.78 is 65.3. The predicted molar refractivity (Wildman–Crippen MR) is 93.0 cm³/mol. The molecule has 0 amide bonds. The van der Waals surface area contributed by atoms with Crippen LogP contribution in [0.5, 0.6) is 0 Å². The van der Waals surface area contributed by atoms with Crippen LogP contribution in [0.15, 0.2) is 47.4 Å². The second-order valence-corrected chi connectivity index (χ2v) is 8.41. The summed E-state index contributed by atoms with van der Waals surface area (Å²) in [5.41, 5.74) is 0.813. The summed E-state index contributed by atoms with van der Waals surface area (Å²) in [4.78, 5) is 3.61. The van der Waals surface area contributed by atoms with E-state index in [1.54, 1.807) is 24.3 Å². The third-order valence-corrected chi connectivity index (χ3v) is 5.95. The lowest BCUT2D eigenvalue weighted by atomic mass is 10.2. The van der Waals surface area contributed by atoms with Crippen LogP contribution in [0.1, 0.15) is 18.3 Å². The van der Waals surface area contributed by atoms with Crippen LogP contribution in [0.25, 0.3) is 11.0 Å². The van der Waals surface area contributed by atoms with Gasteiger partial charge in [-0.1, -0.05) is 30.7 Å². The molecule has 0 aliphatic carbocycles. The van der Waals surface area contributed by atoms with Gasteiger partial charge in [0.25, 0.3) is 0 Å². The highest BCUT2D eigenvalue weighted by Crippen LogP contribution is 2.33. The number of fused-ring (bicyclic) bond motifs is 1. The van der Waals surface area contributed by atoms with Gasteiger partial charge in [-0.25, -0.2) is 13.4 Å². The van der Waals surface area contributed by atoms with Crippen LogP contribution >= 0.6 is 11.6 Å². The van der Waals surface area contributed by atoms with Gasteiger partial charge < -0.3 is 4.57 Å². The highest BCUT2D eigenvalue weighted by molar-refractivity contribution is 7.91. The van der Waals surface area contributed by atoms with Crippen molar-refractivity contribution in [3.63, 3.8) is 0 Å². The number of aromatic nitrogens is 2. The molecule has 3 rings (SSSR count). The molecule has 0 unspecified atom stereocenters. The van der Waals surface area contributed by atoms with Crippen LogP contribution in [0.2, 0.25) is 5.02 Å². The average molecular weight is 403 g/mol. The fourth-order valence-corrected chi connectivity index (χ4v) is 3.64. The van der Waals surface area contributed by atoms with Crippen molar-refractivity contribution >= 4 is 32.5 Å². The van der Waals surface area contributed by atoms with Crippen LogP contribution in [0.3, 0.4) is 0 Å². The number of rotatable bonds is 4. The maximum absolute atomic E-state index is 13.4. The van der Waals surface area contributed by atoms with E-state index in [1.165, 1.54) is 25.1 Å². The molecule has 0 aliphatic rings.